The van der Waals surface area contributed by atoms with E-state index in [-0.39, 0.29) is 17.0 Å². The monoisotopic (exact) mass is 490 g/mol. The third-order valence-electron chi connectivity index (χ3n) is 7.80. The third-order valence-corrected chi connectivity index (χ3v) is 7.80. The summed E-state index contributed by atoms with van der Waals surface area (Å²) in [6, 6.07) is 12.0. The van der Waals surface area contributed by atoms with Crippen LogP contribution in [0.15, 0.2) is 47.4 Å². The Kier molecular flexibility index (Phi) is 5.91. The smallest absolute Gasteiger partial charge is 0.341 e. The standard InChI is InChI=1S/C28H31FN4O3/c29-24-15-22-25(33(21-7-8-21)18-23(27(22)34)28(35)36)16-26(24)32-13-11-30(12-14-32)17-19-3-5-20(6-4-19)31-9-1-2-10-31/h3-6,15-16,18,21H,1-2,7-14,17H2,(H,35,36). The molecule has 3 fully saturated rings. The summed E-state index contributed by atoms with van der Waals surface area (Å²) < 4.78 is 17.1. The van der Waals surface area contributed by atoms with Gasteiger partial charge in [-0.25, -0.2) is 9.18 Å². The number of anilines is 2. The van der Waals surface area contributed by atoms with Crippen LogP contribution in [0.5, 0.6) is 0 Å². The number of carboxylic acid groups (broad SMARTS) is 1. The predicted octanol–water partition coefficient (Wildman–Crippen LogP) is 4.10. The van der Waals surface area contributed by atoms with Crippen molar-refractivity contribution in [3.8, 4) is 0 Å². The average Bonchev–Trinajstić information content (AvgIpc) is 3.58. The first-order chi connectivity index (χ1) is 17.5. The number of benzene rings is 2. The van der Waals surface area contributed by atoms with Gasteiger partial charge in [0, 0.05) is 69.1 Å². The molecule has 7 nitrogen and oxygen atoms in total. The fourth-order valence-electron chi connectivity index (χ4n) is 5.60. The lowest BCUT2D eigenvalue weighted by atomic mass is 10.1. The molecule has 2 aliphatic heterocycles. The molecular formula is C28H31FN4O3. The number of carbonyl (C=O) groups is 1. The van der Waals surface area contributed by atoms with Crippen molar-refractivity contribution in [3.63, 3.8) is 0 Å². The number of fused-ring (bicyclic) bond motifs is 1. The van der Waals surface area contributed by atoms with E-state index < -0.39 is 17.2 Å². The molecule has 6 rings (SSSR count). The lowest BCUT2D eigenvalue weighted by Crippen LogP contribution is -2.46. The first-order valence-electron chi connectivity index (χ1n) is 12.9. The van der Waals surface area contributed by atoms with Crippen molar-refractivity contribution >= 4 is 28.2 Å². The number of aromatic nitrogens is 1. The molecule has 36 heavy (non-hydrogen) atoms. The molecular weight excluding hydrogens is 459 g/mol. The Bertz CT molecular complexity index is 1350. The minimum Gasteiger partial charge on any atom is -0.477 e. The van der Waals surface area contributed by atoms with E-state index in [9.17, 15) is 14.7 Å². The molecule has 1 N–H and O–H groups in total. The maximum Gasteiger partial charge on any atom is 0.341 e. The van der Waals surface area contributed by atoms with Gasteiger partial charge in [0.05, 0.1) is 11.2 Å². The summed E-state index contributed by atoms with van der Waals surface area (Å²) in [5.41, 5.74) is 2.75. The van der Waals surface area contributed by atoms with Crippen molar-refractivity contribution in [2.45, 2.75) is 38.3 Å². The lowest BCUT2D eigenvalue weighted by molar-refractivity contribution is 0.0695. The molecule has 0 radical (unpaired) electrons. The summed E-state index contributed by atoms with van der Waals surface area (Å²) in [6.07, 6.45) is 5.83. The van der Waals surface area contributed by atoms with Crippen LogP contribution in [0.2, 0.25) is 0 Å². The van der Waals surface area contributed by atoms with Crippen LogP contribution < -0.4 is 15.2 Å². The quantitative estimate of drug-likeness (QED) is 0.561. The van der Waals surface area contributed by atoms with Gasteiger partial charge in [0.2, 0.25) is 5.43 Å². The van der Waals surface area contributed by atoms with E-state index in [0.717, 1.165) is 45.6 Å². The Balaban J connectivity index is 1.18. The number of aromatic carboxylic acids is 1. The average molecular weight is 491 g/mol. The molecule has 8 heteroatoms. The SMILES string of the molecule is O=C(O)c1cn(C2CC2)c2cc(N3CCN(Cc4ccc(N5CCCC5)cc4)CC3)c(F)cc2c1=O. The lowest BCUT2D eigenvalue weighted by Gasteiger charge is -2.36. The van der Waals surface area contributed by atoms with Crippen molar-refractivity contribution in [2.75, 3.05) is 49.1 Å². The van der Waals surface area contributed by atoms with Gasteiger partial charge in [-0.3, -0.25) is 9.69 Å². The topological polar surface area (TPSA) is 69.0 Å². The van der Waals surface area contributed by atoms with E-state index in [1.54, 1.807) is 6.07 Å². The van der Waals surface area contributed by atoms with Gasteiger partial charge in [-0.05, 0) is 55.5 Å². The first-order valence-corrected chi connectivity index (χ1v) is 12.9. The Hall–Kier alpha value is -3.39. The van der Waals surface area contributed by atoms with Crippen LogP contribution in [0.4, 0.5) is 15.8 Å². The number of pyridine rings is 1. The third kappa shape index (κ3) is 4.34. The highest BCUT2D eigenvalue weighted by atomic mass is 19.1. The van der Waals surface area contributed by atoms with Crippen LogP contribution in [0.25, 0.3) is 10.9 Å². The van der Waals surface area contributed by atoms with E-state index in [4.69, 9.17) is 0 Å². The minimum atomic E-state index is -1.28. The van der Waals surface area contributed by atoms with Crippen LogP contribution in [0, 0.1) is 5.82 Å². The zero-order valence-corrected chi connectivity index (χ0v) is 20.3. The number of halogens is 1. The van der Waals surface area contributed by atoms with Gasteiger partial charge in [0.15, 0.2) is 0 Å². The molecule has 0 bridgehead atoms. The predicted molar refractivity (Wildman–Crippen MR) is 139 cm³/mol. The van der Waals surface area contributed by atoms with E-state index in [1.165, 1.54) is 36.4 Å². The molecule has 0 atom stereocenters. The van der Waals surface area contributed by atoms with Crippen molar-refractivity contribution in [1.82, 2.24) is 9.47 Å². The second kappa shape index (κ2) is 9.24. The highest BCUT2D eigenvalue weighted by molar-refractivity contribution is 5.93. The molecule has 2 saturated heterocycles. The molecule has 3 aromatic rings. The van der Waals surface area contributed by atoms with Gasteiger partial charge >= 0.3 is 5.97 Å². The van der Waals surface area contributed by atoms with Crippen molar-refractivity contribution in [3.05, 3.63) is 69.8 Å². The molecule has 1 aromatic heterocycles. The van der Waals surface area contributed by atoms with Gasteiger partial charge in [-0.2, -0.15) is 0 Å². The number of hydrogen-bond donors (Lipinski definition) is 1. The van der Waals surface area contributed by atoms with Crippen LogP contribution >= 0.6 is 0 Å². The summed E-state index contributed by atoms with van der Waals surface area (Å²) in [5.74, 6) is -1.75. The summed E-state index contributed by atoms with van der Waals surface area (Å²) >= 11 is 0. The molecule has 3 aliphatic rings. The number of piperazine rings is 1. The first kappa shape index (κ1) is 23.0. The van der Waals surface area contributed by atoms with E-state index in [0.29, 0.717) is 24.3 Å². The van der Waals surface area contributed by atoms with Crippen LogP contribution in [0.3, 0.4) is 0 Å². The molecule has 1 aliphatic carbocycles. The highest BCUT2D eigenvalue weighted by Gasteiger charge is 2.28. The minimum absolute atomic E-state index is 0.138. The van der Waals surface area contributed by atoms with Gasteiger partial charge in [0.1, 0.15) is 11.4 Å². The van der Waals surface area contributed by atoms with Gasteiger partial charge < -0.3 is 19.5 Å². The zero-order chi connectivity index (χ0) is 24.8. The number of carboxylic acids is 1. The van der Waals surface area contributed by atoms with E-state index >= 15 is 4.39 Å². The van der Waals surface area contributed by atoms with Crippen LogP contribution in [0.1, 0.15) is 47.6 Å². The number of nitrogens with zero attached hydrogens (tertiary/aromatic N) is 4. The Labute approximate surface area is 209 Å². The second-order valence-electron chi connectivity index (χ2n) is 10.3. The van der Waals surface area contributed by atoms with Crippen molar-refractivity contribution < 1.29 is 14.3 Å². The molecule has 0 amide bonds. The van der Waals surface area contributed by atoms with Gasteiger partial charge in [-0.1, -0.05) is 12.1 Å². The van der Waals surface area contributed by atoms with Crippen molar-refractivity contribution in [1.29, 1.82) is 0 Å². The molecule has 1 saturated carbocycles. The largest absolute Gasteiger partial charge is 0.477 e. The van der Waals surface area contributed by atoms with Gasteiger partial charge in [0.25, 0.3) is 0 Å². The highest BCUT2D eigenvalue weighted by Crippen LogP contribution is 2.38. The van der Waals surface area contributed by atoms with Crippen molar-refractivity contribution in [2.24, 2.45) is 0 Å². The number of hydrogen-bond acceptors (Lipinski definition) is 5. The molecule has 0 unspecified atom stereocenters. The fourth-order valence-corrected chi connectivity index (χ4v) is 5.60. The normalized spacial score (nSPS) is 18.8. The summed E-state index contributed by atoms with van der Waals surface area (Å²) in [5, 5.41) is 9.59. The fraction of sp³-hybridized carbons (Fsp3) is 0.429. The molecule has 2 aromatic carbocycles. The maximum absolute atomic E-state index is 15.2. The molecule has 188 valence electrons. The Morgan fingerprint density at radius 1 is 0.944 bits per heavy atom. The Morgan fingerprint density at radius 3 is 2.28 bits per heavy atom. The maximum atomic E-state index is 15.2. The van der Waals surface area contributed by atoms with Crippen LogP contribution in [-0.4, -0.2) is 59.8 Å². The zero-order valence-electron chi connectivity index (χ0n) is 20.3. The Morgan fingerprint density at radius 2 is 1.64 bits per heavy atom. The number of rotatable bonds is 6. The summed E-state index contributed by atoms with van der Waals surface area (Å²) in [4.78, 5) is 31.2. The molecule has 0 spiro atoms. The van der Waals surface area contributed by atoms with E-state index in [2.05, 4.69) is 34.1 Å². The molecule has 3 heterocycles. The summed E-state index contributed by atoms with van der Waals surface area (Å²) in [7, 11) is 0. The summed E-state index contributed by atoms with van der Waals surface area (Å²) in [6.45, 7) is 6.17. The van der Waals surface area contributed by atoms with Crippen LogP contribution in [-0.2, 0) is 6.54 Å². The van der Waals surface area contributed by atoms with Gasteiger partial charge in [-0.15, -0.1) is 0 Å². The van der Waals surface area contributed by atoms with E-state index in [1.807, 2.05) is 9.47 Å². The second-order valence-corrected chi connectivity index (χ2v) is 10.3.